The highest BCUT2D eigenvalue weighted by Crippen LogP contribution is 2.26. The van der Waals surface area contributed by atoms with Crippen LogP contribution in [0.4, 0.5) is 15.7 Å². The first-order chi connectivity index (χ1) is 10.1. The number of thiazole rings is 1. The molecule has 0 aromatic carbocycles. The van der Waals surface area contributed by atoms with Crippen LogP contribution in [0.5, 0.6) is 0 Å². The summed E-state index contributed by atoms with van der Waals surface area (Å²) in [6.07, 6.45) is -0.334. The van der Waals surface area contributed by atoms with Crippen molar-refractivity contribution < 1.29 is 14.3 Å². The van der Waals surface area contributed by atoms with Crippen molar-refractivity contribution >= 4 is 34.3 Å². The van der Waals surface area contributed by atoms with Crippen molar-refractivity contribution in [1.29, 1.82) is 0 Å². The Labute approximate surface area is 126 Å². The van der Waals surface area contributed by atoms with Crippen molar-refractivity contribution in [2.45, 2.75) is 6.92 Å². The Kier molecular flexibility index (Phi) is 4.84. The number of aromatic nitrogens is 1. The summed E-state index contributed by atoms with van der Waals surface area (Å²) in [6.45, 7) is 3.96. The van der Waals surface area contributed by atoms with E-state index in [4.69, 9.17) is 10.5 Å². The summed E-state index contributed by atoms with van der Waals surface area (Å²) in [5, 5.41) is 3.48. The van der Waals surface area contributed by atoms with Gasteiger partial charge in [0.25, 0.3) is 5.91 Å². The van der Waals surface area contributed by atoms with Gasteiger partial charge in [0, 0.05) is 33.2 Å². The Hall–Kier alpha value is -2.03. The maximum atomic E-state index is 12.4. The van der Waals surface area contributed by atoms with Crippen LogP contribution >= 0.6 is 11.3 Å². The molecule has 1 fully saturated rings. The number of nitrogens with zero attached hydrogens (tertiary/aromatic N) is 3. The van der Waals surface area contributed by atoms with Crippen molar-refractivity contribution in [3.05, 3.63) is 4.88 Å². The lowest BCUT2D eigenvalue weighted by Crippen LogP contribution is -2.50. The van der Waals surface area contributed by atoms with Gasteiger partial charge in [-0.3, -0.25) is 4.79 Å². The number of hydrogen-bond donors (Lipinski definition) is 2. The van der Waals surface area contributed by atoms with Gasteiger partial charge in [0.2, 0.25) is 0 Å². The molecule has 1 aromatic heterocycles. The predicted octanol–water partition coefficient (Wildman–Crippen LogP) is 0.681. The smallest absolute Gasteiger partial charge is 0.409 e. The first-order valence-corrected chi connectivity index (χ1v) is 7.53. The molecule has 2 rings (SSSR count). The third-order valence-electron chi connectivity index (χ3n) is 3.15. The van der Waals surface area contributed by atoms with Crippen LogP contribution in [0.1, 0.15) is 16.6 Å². The fraction of sp³-hybridized carbons (Fsp3) is 0.583. The highest BCUT2D eigenvalue weighted by molar-refractivity contribution is 7.18. The minimum absolute atomic E-state index is 0.144. The van der Waals surface area contributed by atoms with E-state index in [0.29, 0.717) is 42.8 Å². The molecule has 0 radical (unpaired) electrons. The van der Waals surface area contributed by atoms with E-state index in [0.717, 1.165) is 0 Å². The zero-order chi connectivity index (χ0) is 15.4. The molecule has 21 heavy (non-hydrogen) atoms. The van der Waals surface area contributed by atoms with Gasteiger partial charge in [-0.1, -0.05) is 11.3 Å². The normalized spacial score (nSPS) is 15.0. The zero-order valence-electron chi connectivity index (χ0n) is 12.1. The number of nitrogen functional groups attached to an aromatic ring is 1. The van der Waals surface area contributed by atoms with Crippen LogP contribution in [0.3, 0.4) is 0 Å². The summed E-state index contributed by atoms with van der Waals surface area (Å²) in [5.41, 5.74) is 5.77. The topological polar surface area (TPSA) is 101 Å². The minimum atomic E-state index is -0.334. The van der Waals surface area contributed by atoms with Gasteiger partial charge in [-0.15, -0.1) is 0 Å². The molecular formula is C12H19N5O3S. The molecule has 9 heteroatoms. The number of hydrogen-bond acceptors (Lipinski definition) is 7. The van der Waals surface area contributed by atoms with Gasteiger partial charge in [0.15, 0.2) is 5.13 Å². The van der Waals surface area contributed by atoms with Crippen molar-refractivity contribution in [1.82, 2.24) is 14.8 Å². The van der Waals surface area contributed by atoms with Crippen LogP contribution in [0.2, 0.25) is 0 Å². The predicted molar refractivity (Wildman–Crippen MR) is 80.6 cm³/mol. The molecule has 0 unspecified atom stereocenters. The first kappa shape index (κ1) is 15.4. The molecule has 2 heterocycles. The molecule has 116 valence electrons. The molecule has 0 spiro atoms. The Bertz CT molecular complexity index is 525. The standard InChI is InChI=1S/C12H19N5O3S/c1-3-20-12(19)17-6-4-16(5-7-17)10(18)8-9(13)15-11(14-2)21-8/h3-7,13H2,1-2H3,(H,14,15). The number of nitrogens with two attached hydrogens (primary N) is 1. The van der Waals surface area contributed by atoms with Gasteiger partial charge in [0.05, 0.1) is 6.61 Å². The number of piperazine rings is 1. The molecule has 0 atom stereocenters. The van der Waals surface area contributed by atoms with Crippen LogP contribution < -0.4 is 11.1 Å². The summed E-state index contributed by atoms with van der Waals surface area (Å²) in [6, 6.07) is 0. The average Bonchev–Trinajstić information content (AvgIpc) is 2.88. The third-order valence-corrected chi connectivity index (χ3v) is 4.23. The molecule has 0 aliphatic carbocycles. The lowest BCUT2D eigenvalue weighted by atomic mass is 10.3. The number of carbonyl (C=O) groups excluding carboxylic acids is 2. The summed E-state index contributed by atoms with van der Waals surface area (Å²) in [7, 11) is 1.73. The second kappa shape index (κ2) is 6.61. The highest BCUT2D eigenvalue weighted by Gasteiger charge is 2.27. The van der Waals surface area contributed by atoms with Crippen molar-refractivity contribution in [2.24, 2.45) is 0 Å². The minimum Gasteiger partial charge on any atom is -0.450 e. The molecular weight excluding hydrogens is 294 g/mol. The fourth-order valence-corrected chi connectivity index (χ4v) is 2.85. The molecule has 1 aliphatic heterocycles. The van der Waals surface area contributed by atoms with Gasteiger partial charge >= 0.3 is 6.09 Å². The number of rotatable bonds is 3. The lowest BCUT2D eigenvalue weighted by molar-refractivity contribution is 0.0575. The number of nitrogens with one attached hydrogen (secondary N) is 1. The van der Waals surface area contributed by atoms with E-state index in [2.05, 4.69) is 10.3 Å². The van der Waals surface area contributed by atoms with E-state index in [1.807, 2.05) is 0 Å². The highest BCUT2D eigenvalue weighted by atomic mass is 32.1. The molecule has 8 nitrogen and oxygen atoms in total. The lowest BCUT2D eigenvalue weighted by Gasteiger charge is -2.33. The SMILES string of the molecule is CCOC(=O)N1CCN(C(=O)c2sc(NC)nc2N)CC1. The van der Waals surface area contributed by atoms with E-state index in [1.165, 1.54) is 11.3 Å². The molecule has 0 saturated carbocycles. The van der Waals surface area contributed by atoms with E-state index >= 15 is 0 Å². The molecule has 3 N–H and O–H groups in total. The van der Waals surface area contributed by atoms with Gasteiger partial charge in [0.1, 0.15) is 10.7 Å². The summed E-state index contributed by atoms with van der Waals surface area (Å²) < 4.78 is 4.95. The fourth-order valence-electron chi connectivity index (χ4n) is 2.04. The van der Waals surface area contributed by atoms with E-state index in [9.17, 15) is 9.59 Å². The zero-order valence-corrected chi connectivity index (χ0v) is 12.9. The van der Waals surface area contributed by atoms with Gasteiger partial charge in [-0.2, -0.15) is 0 Å². The van der Waals surface area contributed by atoms with Crippen LogP contribution in [-0.2, 0) is 4.74 Å². The Balaban J connectivity index is 1.96. The molecule has 1 aliphatic rings. The van der Waals surface area contributed by atoms with Crippen molar-refractivity contribution in [2.75, 3.05) is 50.9 Å². The largest absolute Gasteiger partial charge is 0.450 e. The van der Waals surface area contributed by atoms with E-state index in [-0.39, 0.29) is 17.8 Å². The van der Waals surface area contributed by atoms with Crippen LogP contribution in [0, 0.1) is 0 Å². The Morgan fingerprint density at radius 1 is 1.33 bits per heavy atom. The van der Waals surface area contributed by atoms with Crippen molar-refractivity contribution in [3.8, 4) is 0 Å². The summed E-state index contributed by atoms with van der Waals surface area (Å²) in [4.78, 5) is 31.8. The van der Waals surface area contributed by atoms with Crippen molar-refractivity contribution in [3.63, 3.8) is 0 Å². The second-order valence-corrected chi connectivity index (χ2v) is 5.46. The van der Waals surface area contributed by atoms with Gasteiger partial charge in [-0.25, -0.2) is 9.78 Å². The number of anilines is 2. The Morgan fingerprint density at radius 2 is 1.95 bits per heavy atom. The molecule has 2 amide bonds. The first-order valence-electron chi connectivity index (χ1n) is 6.71. The molecule has 1 saturated heterocycles. The molecule has 1 aromatic rings. The number of ether oxygens (including phenoxy) is 1. The van der Waals surface area contributed by atoms with Gasteiger partial charge in [-0.05, 0) is 6.92 Å². The molecule has 0 bridgehead atoms. The van der Waals surface area contributed by atoms with Crippen LogP contribution in [0.15, 0.2) is 0 Å². The second-order valence-electron chi connectivity index (χ2n) is 4.46. The summed E-state index contributed by atoms with van der Waals surface area (Å²) in [5.74, 6) is 0.0946. The monoisotopic (exact) mass is 313 g/mol. The summed E-state index contributed by atoms with van der Waals surface area (Å²) >= 11 is 1.23. The van der Waals surface area contributed by atoms with Gasteiger partial charge < -0.3 is 25.6 Å². The number of amides is 2. The van der Waals surface area contributed by atoms with Crippen LogP contribution in [0.25, 0.3) is 0 Å². The van der Waals surface area contributed by atoms with Crippen LogP contribution in [-0.4, -0.2) is 66.6 Å². The van der Waals surface area contributed by atoms with E-state index < -0.39 is 0 Å². The maximum Gasteiger partial charge on any atom is 0.409 e. The maximum absolute atomic E-state index is 12.4. The Morgan fingerprint density at radius 3 is 2.48 bits per heavy atom. The third kappa shape index (κ3) is 3.35. The van der Waals surface area contributed by atoms with E-state index in [1.54, 1.807) is 23.8 Å². The average molecular weight is 313 g/mol. The number of carbonyl (C=O) groups is 2. The quantitative estimate of drug-likeness (QED) is 0.851.